The standard InChI is InChI=1S/C17H25FN4O2.C2HF3O2/c18-17(3-1-4-17)16(23)21-5-2-15-19-12-14(22(15)7-6-21)13-20-8-10-24-11-9-20;3-2(4,5)1(6)7/h12H,1-11,13H2;(H,6,7). The van der Waals surface area contributed by atoms with Gasteiger partial charge in [0.25, 0.3) is 5.91 Å². The van der Waals surface area contributed by atoms with Gasteiger partial charge in [0, 0.05) is 51.9 Å². The Morgan fingerprint density at radius 3 is 2.32 bits per heavy atom. The number of carbonyl (C=O) groups excluding carboxylic acids is 1. The van der Waals surface area contributed by atoms with Crippen molar-refractivity contribution in [3.63, 3.8) is 0 Å². The maximum atomic E-state index is 14.4. The van der Waals surface area contributed by atoms with Crippen LogP contribution in [0.4, 0.5) is 17.6 Å². The molecular weight excluding hydrogens is 424 g/mol. The van der Waals surface area contributed by atoms with Gasteiger partial charge in [0.2, 0.25) is 0 Å². The molecular formula is C19H26F4N4O4. The van der Waals surface area contributed by atoms with Gasteiger partial charge in [-0.3, -0.25) is 9.69 Å². The second kappa shape index (κ2) is 9.51. The van der Waals surface area contributed by atoms with E-state index in [1.807, 2.05) is 6.20 Å². The van der Waals surface area contributed by atoms with Crippen molar-refractivity contribution in [2.45, 2.75) is 50.6 Å². The van der Waals surface area contributed by atoms with Gasteiger partial charge in [-0.15, -0.1) is 0 Å². The molecule has 2 aliphatic heterocycles. The van der Waals surface area contributed by atoms with E-state index in [1.165, 1.54) is 5.69 Å². The first kappa shape index (κ1) is 23.5. The Morgan fingerprint density at radius 2 is 1.77 bits per heavy atom. The van der Waals surface area contributed by atoms with Gasteiger partial charge in [-0.1, -0.05) is 0 Å². The number of fused-ring (bicyclic) bond motifs is 1. The number of carbonyl (C=O) groups is 2. The van der Waals surface area contributed by atoms with Gasteiger partial charge in [-0.05, 0) is 19.3 Å². The summed E-state index contributed by atoms with van der Waals surface area (Å²) in [6, 6.07) is 0. The van der Waals surface area contributed by atoms with E-state index in [0.717, 1.165) is 45.1 Å². The van der Waals surface area contributed by atoms with Gasteiger partial charge in [-0.25, -0.2) is 14.2 Å². The molecule has 1 amide bonds. The first-order valence-electron chi connectivity index (χ1n) is 10.2. The van der Waals surface area contributed by atoms with E-state index in [0.29, 0.717) is 38.9 Å². The normalized spacial score (nSPS) is 21.2. The molecule has 1 N–H and O–H groups in total. The number of rotatable bonds is 3. The average Bonchev–Trinajstić information content (AvgIpc) is 2.94. The summed E-state index contributed by atoms with van der Waals surface area (Å²) in [6.45, 7) is 6.14. The Bertz CT molecular complexity index is 788. The minimum absolute atomic E-state index is 0.311. The lowest BCUT2D eigenvalue weighted by molar-refractivity contribution is -0.192. The number of halogens is 4. The number of hydrogen-bond acceptors (Lipinski definition) is 5. The van der Waals surface area contributed by atoms with Crippen LogP contribution in [0.5, 0.6) is 0 Å². The lowest BCUT2D eigenvalue weighted by Gasteiger charge is -2.36. The quantitative estimate of drug-likeness (QED) is 0.705. The van der Waals surface area contributed by atoms with E-state index >= 15 is 0 Å². The highest BCUT2D eigenvalue weighted by Crippen LogP contribution is 2.37. The second-order valence-electron chi connectivity index (χ2n) is 7.87. The van der Waals surface area contributed by atoms with Gasteiger partial charge < -0.3 is 19.3 Å². The molecule has 0 atom stereocenters. The Morgan fingerprint density at radius 1 is 1.13 bits per heavy atom. The Kier molecular flexibility index (Phi) is 7.20. The average molecular weight is 450 g/mol. The third kappa shape index (κ3) is 5.73. The van der Waals surface area contributed by atoms with Crippen molar-refractivity contribution in [3.8, 4) is 0 Å². The summed E-state index contributed by atoms with van der Waals surface area (Å²) in [5.41, 5.74) is -0.414. The van der Waals surface area contributed by atoms with E-state index in [1.54, 1.807) is 4.90 Å². The molecule has 2 fully saturated rings. The van der Waals surface area contributed by atoms with E-state index in [9.17, 15) is 22.4 Å². The summed E-state index contributed by atoms with van der Waals surface area (Å²) < 4.78 is 53.8. The lowest BCUT2D eigenvalue weighted by Crippen LogP contribution is -2.51. The van der Waals surface area contributed by atoms with Crippen LogP contribution < -0.4 is 0 Å². The number of alkyl halides is 4. The number of aliphatic carboxylic acids is 1. The first-order chi connectivity index (χ1) is 14.6. The van der Waals surface area contributed by atoms with Crippen molar-refractivity contribution < 1.29 is 37.0 Å². The summed E-state index contributed by atoms with van der Waals surface area (Å²) in [6.07, 6.45) is -0.846. The van der Waals surface area contributed by atoms with Crippen molar-refractivity contribution >= 4 is 11.9 Å². The van der Waals surface area contributed by atoms with Crippen LogP contribution in [0.3, 0.4) is 0 Å². The molecule has 12 heteroatoms. The van der Waals surface area contributed by atoms with E-state index in [4.69, 9.17) is 14.6 Å². The van der Waals surface area contributed by atoms with Crippen molar-refractivity contribution in [2.24, 2.45) is 0 Å². The number of morpholine rings is 1. The number of carboxylic acids is 1. The molecule has 3 heterocycles. The molecule has 3 aliphatic rings. The van der Waals surface area contributed by atoms with Gasteiger partial charge in [0.15, 0.2) is 5.67 Å². The minimum Gasteiger partial charge on any atom is -0.475 e. The first-order valence-corrected chi connectivity index (χ1v) is 10.2. The summed E-state index contributed by atoms with van der Waals surface area (Å²) in [5.74, 6) is -2.06. The molecule has 0 unspecified atom stereocenters. The number of imidazole rings is 1. The number of aromatic nitrogens is 2. The molecule has 31 heavy (non-hydrogen) atoms. The van der Waals surface area contributed by atoms with E-state index in [-0.39, 0.29) is 5.91 Å². The zero-order valence-electron chi connectivity index (χ0n) is 17.0. The number of hydrogen-bond donors (Lipinski definition) is 1. The molecule has 0 radical (unpaired) electrons. The molecule has 0 aromatic carbocycles. The van der Waals surface area contributed by atoms with Crippen LogP contribution in [-0.2, 0) is 33.8 Å². The zero-order valence-corrected chi connectivity index (χ0v) is 17.0. The maximum absolute atomic E-state index is 14.4. The molecule has 1 saturated heterocycles. The molecule has 174 valence electrons. The predicted molar refractivity (Wildman–Crippen MR) is 100.0 cm³/mol. The molecule has 1 aromatic rings. The Hall–Kier alpha value is -2.21. The molecule has 0 bridgehead atoms. The smallest absolute Gasteiger partial charge is 0.475 e. The molecule has 0 spiro atoms. The van der Waals surface area contributed by atoms with Gasteiger partial charge in [0.05, 0.1) is 18.9 Å². The summed E-state index contributed by atoms with van der Waals surface area (Å²) in [5, 5.41) is 7.12. The van der Waals surface area contributed by atoms with Crippen molar-refractivity contribution in [3.05, 3.63) is 17.7 Å². The second-order valence-corrected chi connectivity index (χ2v) is 7.87. The van der Waals surface area contributed by atoms with Crippen molar-refractivity contribution in [2.75, 3.05) is 39.4 Å². The summed E-state index contributed by atoms with van der Waals surface area (Å²) in [7, 11) is 0. The largest absolute Gasteiger partial charge is 0.490 e. The number of amides is 1. The van der Waals surface area contributed by atoms with Crippen LogP contribution in [0.2, 0.25) is 0 Å². The minimum atomic E-state index is -5.08. The van der Waals surface area contributed by atoms with Gasteiger partial charge in [0.1, 0.15) is 5.82 Å². The lowest BCUT2D eigenvalue weighted by atomic mass is 9.81. The molecule has 4 rings (SSSR count). The van der Waals surface area contributed by atoms with Crippen molar-refractivity contribution in [1.82, 2.24) is 19.4 Å². The summed E-state index contributed by atoms with van der Waals surface area (Å²) >= 11 is 0. The Labute approximate surface area is 176 Å². The van der Waals surface area contributed by atoms with Crippen LogP contribution in [0.15, 0.2) is 6.20 Å². The van der Waals surface area contributed by atoms with E-state index < -0.39 is 17.8 Å². The summed E-state index contributed by atoms with van der Waals surface area (Å²) in [4.78, 5) is 29.9. The SMILES string of the molecule is O=C(N1CCc2ncc(CN3CCOCC3)n2CC1)C1(F)CCC1.O=C(O)C(F)(F)F. The van der Waals surface area contributed by atoms with Crippen LogP contribution >= 0.6 is 0 Å². The van der Waals surface area contributed by atoms with Gasteiger partial charge in [-0.2, -0.15) is 13.2 Å². The van der Waals surface area contributed by atoms with Gasteiger partial charge >= 0.3 is 12.1 Å². The number of carboxylic acid groups (broad SMARTS) is 1. The Balaban J connectivity index is 0.000000339. The third-order valence-electron chi connectivity index (χ3n) is 5.77. The predicted octanol–water partition coefficient (Wildman–Crippen LogP) is 1.63. The fraction of sp³-hybridized carbons (Fsp3) is 0.737. The maximum Gasteiger partial charge on any atom is 0.490 e. The number of ether oxygens (including phenoxy) is 1. The molecule has 1 saturated carbocycles. The van der Waals surface area contributed by atoms with Crippen LogP contribution in [-0.4, -0.2) is 87.6 Å². The van der Waals surface area contributed by atoms with Crippen LogP contribution in [0.25, 0.3) is 0 Å². The topological polar surface area (TPSA) is 87.9 Å². The fourth-order valence-electron chi connectivity index (χ4n) is 3.80. The highest BCUT2D eigenvalue weighted by Gasteiger charge is 2.47. The number of nitrogens with zero attached hydrogens (tertiary/aromatic N) is 4. The molecule has 8 nitrogen and oxygen atoms in total. The molecule has 1 aliphatic carbocycles. The van der Waals surface area contributed by atoms with E-state index in [2.05, 4.69) is 14.5 Å². The molecule has 1 aromatic heterocycles. The highest BCUT2D eigenvalue weighted by atomic mass is 19.4. The van der Waals surface area contributed by atoms with Crippen LogP contribution in [0.1, 0.15) is 30.8 Å². The highest BCUT2D eigenvalue weighted by molar-refractivity contribution is 5.86. The monoisotopic (exact) mass is 450 g/mol. The zero-order chi connectivity index (χ0) is 22.6. The van der Waals surface area contributed by atoms with Crippen LogP contribution in [0, 0.1) is 0 Å². The third-order valence-corrected chi connectivity index (χ3v) is 5.77. The van der Waals surface area contributed by atoms with Crippen molar-refractivity contribution in [1.29, 1.82) is 0 Å². The fourth-order valence-corrected chi connectivity index (χ4v) is 3.80.